The summed E-state index contributed by atoms with van der Waals surface area (Å²) < 4.78 is 5.49. The zero-order valence-corrected chi connectivity index (χ0v) is 7.77. The van der Waals surface area contributed by atoms with E-state index in [4.69, 9.17) is 4.42 Å². The zero-order valence-electron chi connectivity index (χ0n) is 7.77. The van der Waals surface area contributed by atoms with Crippen molar-refractivity contribution >= 4 is 21.9 Å². The summed E-state index contributed by atoms with van der Waals surface area (Å²) in [6, 6.07) is 10.1. The lowest BCUT2D eigenvalue weighted by atomic mass is 10.1. The molecule has 74 valence electrons. The summed E-state index contributed by atoms with van der Waals surface area (Å²) in [7, 11) is 0. The van der Waals surface area contributed by atoms with Gasteiger partial charge in [-0.3, -0.25) is 0 Å². The number of aromatic hydroxyl groups is 2. The standard InChI is InChI=1S/C12H8O3/c13-7-3-1-5-9-11(7)12-8(14)4-2-6-10(12)15-9/h1-6,13-14H. The first-order valence-electron chi connectivity index (χ1n) is 4.59. The van der Waals surface area contributed by atoms with Crippen molar-refractivity contribution in [2.75, 3.05) is 0 Å². The summed E-state index contributed by atoms with van der Waals surface area (Å²) in [5, 5.41) is 20.5. The predicted octanol–water partition coefficient (Wildman–Crippen LogP) is 3.00. The Bertz CT molecular complexity index is 596. The Morgan fingerprint density at radius 1 is 0.733 bits per heavy atom. The quantitative estimate of drug-likeness (QED) is 0.586. The Morgan fingerprint density at radius 2 is 1.20 bits per heavy atom. The highest BCUT2D eigenvalue weighted by Gasteiger charge is 2.12. The van der Waals surface area contributed by atoms with Gasteiger partial charge in [0.1, 0.15) is 22.7 Å². The fourth-order valence-electron chi connectivity index (χ4n) is 1.83. The first-order chi connectivity index (χ1) is 7.27. The molecule has 0 unspecified atom stereocenters. The van der Waals surface area contributed by atoms with Crippen LogP contribution in [0.2, 0.25) is 0 Å². The van der Waals surface area contributed by atoms with E-state index in [0.717, 1.165) is 0 Å². The van der Waals surface area contributed by atoms with Crippen LogP contribution >= 0.6 is 0 Å². The van der Waals surface area contributed by atoms with Crippen LogP contribution < -0.4 is 0 Å². The molecule has 0 aliphatic heterocycles. The van der Waals surface area contributed by atoms with E-state index in [0.29, 0.717) is 21.9 Å². The van der Waals surface area contributed by atoms with Gasteiger partial charge in [0.15, 0.2) is 0 Å². The SMILES string of the molecule is Oc1cccc2oc3cccc(O)c3c12. The highest BCUT2D eigenvalue weighted by Crippen LogP contribution is 2.38. The lowest BCUT2D eigenvalue weighted by molar-refractivity contribution is 0.477. The third-order valence-corrected chi connectivity index (χ3v) is 2.48. The van der Waals surface area contributed by atoms with E-state index in [9.17, 15) is 10.2 Å². The molecule has 3 nitrogen and oxygen atoms in total. The summed E-state index contributed by atoms with van der Waals surface area (Å²) >= 11 is 0. The molecule has 2 N–H and O–H groups in total. The maximum Gasteiger partial charge on any atom is 0.139 e. The minimum atomic E-state index is 0.118. The molecule has 0 atom stereocenters. The van der Waals surface area contributed by atoms with E-state index in [1.807, 2.05) is 0 Å². The van der Waals surface area contributed by atoms with Crippen LogP contribution in [-0.4, -0.2) is 10.2 Å². The smallest absolute Gasteiger partial charge is 0.139 e. The number of furan rings is 1. The lowest BCUT2D eigenvalue weighted by Crippen LogP contribution is -1.69. The number of rotatable bonds is 0. The van der Waals surface area contributed by atoms with Gasteiger partial charge in [0.25, 0.3) is 0 Å². The number of benzene rings is 2. The summed E-state index contributed by atoms with van der Waals surface area (Å²) in [6.45, 7) is 0. The maximum absolute atomic E-state index is 9.71. The Hall–Kier alpha value is -2.16. The van der Waals surface area contributed by atoms with Crippen molar-refractivity contribution in [1.82, 2.24) is 0 Å². The van der Waals surface area contributed by atoms with Crippen molar-refractivity contribution in [3.63, 3.8) is 0 Å². The number of hydrogen-bond donors (Lipinski definition) is 2. The Balaban J connectivity index is 2.67. The van der Waals surface area contributed by atoms with Crippen molar-refractivity contribution in [2.24, 2.45) is 0 Å². The second-order valence-electron chi connectivity index (χ2n) is 3.40. The van der Waals surface area contributed by atoms with Crippen LogP contribution in [-0.2, 0) is 0 Å². The minimum absolute atomic E-state index is 0.118. The first-order valence-corrected chi connectivity index (χ1v) is 4.59. The van der Waals surface area contributed by atoms with Crippen LogP contribution in [0.3, 0.4) is 0 Å². The van der Waals surface area contributed by atoms with Crippen molar-refractivity contribution in [2.45, 2.75) is 0 Å². The second kappa shape index (κ2) is 2.67. The monoisotopic (exact) mass is 200 g/mol. The van der Waals surface area contributed by atoms with Gasteiger partial charge in [-0.05, 0) is 24.3 Å². The van der Waals surface area contributed by atoms with Crippen LogP contribution in [0.15, 0.2) is 40.8 Å². The average Bonchev–Trinajstić information content (AvgIpc) is 2.58. The molecule has 2 aromatic carbocycles. The van der Waals surface area contributed by atoms with Crippen molar-refractivity contribution < 1.29 is 14.6 Å². The Kier molecular flexibility index (Phi) is 1.45. The molecule has 3 rings (SSSR count). The molecule has 0 radical (unpaired) electrons. The summed E-state index contributed by atoms with van der Waals surface area (Å²) in [6.07, 6.45) is 0. The fourth-order valence-corrected chi connectivity index (χ4v) is 1.83. The molecule has 0 amide bonds. The van der Waals surface area contributed by atoms with Crippen molar-refractivity contribution in [3.8, 4) is 11.5 Å². The van der Waals surface area contributed by atoms with Crippen molar-refractivity contribution in [3.05, 3.63) is 36.4 Å². The molecular formula is C12H8O3. The third-order valence-electron chi connectivity index (χ3n) is 2.48. The third kappa shape index (κ3) is 1.00. The molecule has 15 heavy (non-hydrogen) atoms. The van der Waals surface area contributed by atoms with E-state index in [1.165, 1.54) is 0 Å². The minimum Gasteiger partial charge on any atom is -0.507 e. The molecule has 0 fully saturated rings. The molecule has 0 bridgehead atoms. The van der Waals surface area contributed by atoms with Gasteiger partial charge >= 0.3 is 0 Å². The first kappa shape index (κ1) is 8.17. The maximum atomic E-state index is 9.71. The van der Waals surface area contributed by atoms with Gasteiger partial charge in [-0.1, -0.05) is 12.1 Å². The van der Waals surface area contributed by atoms with Gasteiger partial charge in [0.05, 0.1) is 10.8 Å². The van der Waals surface area contributed by atoms with Crippen LogP contribution in [0.5, 0.6) is 11.5 Å². The summed E-state index contributed by atoms with van der Waals surface area (Å²) in [4.78, 5) is 0. The van der Waals surface area contributed by atoms with Gasteiger partial charge in [-0.2, -0.15) is 0 Å². The van der Waals surface area contributed by atoms with Crippen molar-refractivity contribution in [1.29, 1.82) is 0 Å². The second-order valence-corrected chi connectivity index (χ2v) is 3.40. The molecule has 3 aromatic rings. The number of phenols is 2. The molecule has 1 aromatic heterocycles. The van der Waals surface area contributed by atoms with Crippen LogP contribution in [0.25, 0.3) is 21.9 Å². The molecule has 0 saturated carbocycles. The van der Waals surface area contributed by atoms with E-state index in [-0.39, 0.29) is 11.5 Å². The van der Waals surface area contributed by atoms with Gasteiger partial charge in [0, 0.05) is 0 Å². The van der Waals surface area contributed by atoms with E-state index >= 15 is 0 Å². The van der Waals surface area contributed by atoms with E-state index in [1.54, 1.807) is 36.4 Å². The van der Waals surface area contributed by atoms with Gasteiger partial charge in [-0.25, -0.2) is 0 Å². The number of hydrogen-bond acceptors (Lipinski definition) is 3. The molecule has 3 heteroatoms. The largest absolute Gasteiger partial charge is 0.507 e. The fraction of sp³-hybridized carbons (Fsp3) is 0. The van der Waals surface area contributed by atoms with Crippen LogP contribution in [0, 0.1) is 0 Å². The number of phenolic OH excluding ortho intramolecular Hbond substituents is 2. The molecule has 1 heterocycles. The normalized spacial score (nSPS) is 11.2. The predicted molar refractivity (Wildman–Crippen MR) is 57.0 cm³/mol. The molecule has 0 aliphatic carbocycles. The Labute approximate surface area is 85.2 Å². The van der Waals surface area contributed by atoms with E-state index in [2.05, 4.69) is 0 Å². The summed E-state index contributed by atoms with van der Waals surface area (Å²) in [5.41, 5.74) is 1.15. The van der Waals surface area contributed by atoms with Gasteiger partial charge in [-0.15, -0.1) is 0 Å². The molecular weight excluding hydrogens is 192 g/mol. The zero-order chi connectivity index (χ0) is 10.4. The number of fused-ring (bicyclic) bond motifs is 3. The Morgan fingerprint density at radius 3 is 1.67 bits per heavy atom. The average molecular weight is 200 g/mol. The topological polar surface area (TPSA) is 53.6 Å². The van der Waals surface area contributed by atoms with Crippen LogP contribution in [0.4, 0.5) is 0 Å². The van der Waals surface area contributed by atoms with Crippen LogP contribution in [0.1, 0.15) is 0 Å². The molecule has 0 saturated heterocycles. The summed E-state index contributed by atoms with van der Waals surface area (Å²) in [5.74, 6) is 0.237. The molecule has 0 spiro atoms. The highest BCUT2D eigenvalue weighted by molar-refractivity contribution is 6.10. The van der Waals surface area contributed by atoms with E-state index < -0.39 is 0 Å². The lowest BCUT2D eigenvalue weighted by Gasteiger charge is -1.95. The van der Waals surface area contributed by atoms with Gasteiger partial charge in [0.2, 0.25) is 0 Å². The molecule has 0 aliphatic rings. The van der Waals surface area contributed by atoms with Gasteiger partial charge < -0.3 is 14.6 Å². The highest BCUT2D eigenvalue weighted by atomic mass is 16.3.